The predicted molar refractivity (Wildman–Crippen MR) is 78.3 cm³/mol. The largest absolute Gasteiger partial charge is 0.355 e. The van der Waals surface area contributed by atoms with Crippen molar-refractivity contribution >= 4 is 38.9 Å². The third-order valence-electron chi connectivity index (χ3n) is 2.57. The summed E-state index contributed by atoms with van der Waals surface area (Å²) in [5.74, 6) is 0. The van der Waals surface area contributed by atoms with Gasteiger partial charge in [-0.3, -0.25) is 0 Å². The van der Waals surface area contributed by atoms with Gasteiger partial charge < -0.3 is 5.32 Å². The van der Waals surface area contributed by atoms with E-state index in [1.807, 2.05) is 31.2 Å². The minimum atomic E-state index is 0.603. The average molecular weight is 322 g/mol. The van der Waals surface area contributed by atoms with E-state index in [9.17, 15) is 0 Å². The fraction of sp³-hybridized carbons (Fsp3) is 0.0714. The zero-order valence-corrected chi connectivity index (χ0v) is 12.0. The lowest BCUT2D eigenvalue weighted by atomic mass is 10.1. The molecule has 0 aliphatic carbocycles. The summed E-state index contributed by atoms with van der Waals surface area (Å²) in [6.45, 7) is 1.95. The minimum absolute atomic E-state index is 0.603. The Hall–Kier alpha value is -1.50. The van der Waals surface area contributed by atoms with Crippen LogP contribution in [0, 0.1) is 18.3 Å². The van der Waals surface area contributed by atoms with Gasteiger partial charge >= 0.3 is 0 Å². The summed E-state index contributed by atoms with van der Waals surface area (Å²) < 4.78 is 0.865. The molecule has 0 aliphatic heterocycles. The molecule has 2 aromatic rings. The van der Waals surface area contributed by atoms with Crippen LogP contribution in [0.3, 0.4) is 0 Å². The van der Waals surface area contributed by atoms with Crippen LogP contribution in [-0.2, 0) is 0 Å². The van der Waals surface area contributed by atoms with Crippen LogP contribution in [0.1, 0.15) is 11.1 Å². The molecule has 90 valence electrons. The normalized spacial score (nSPS) is 9.89. The molecule has 0 aliphatic rings. The van der Waals surface area contributed by atoms with Crippen LogP contribution in [0.5, 0.6) is 0 Å². The molecule has 0 aromatic heterocycles. The number of hydrogen-bond acceptors (Lipinski definition) is 2. The van der Waals surface area contributed by atoms with Crippen LogP contribution >= 0.6 is 27.5 Å². The number of nitriles is 1. The summed E-state index contributed by atoms with van der Waals surface area (Å²) in [5.41, 5.74) is 3.37. The molecule has 0 spiro atoms. The maximum absolute atomic E-state index is 8.93. The maximum atomic E-state index is 8.93. The van der Waals surface area contributed by atoms with Gasteiger partial charge in [-0.2, -0.15) is 5.26 Å². The van der Waals surface area contributed by atoms with Crippen LogP contribution in [0.15, 0.2) is 40.9 Å². The molecule has 0 saturated carbocycles. The average Bonchev–Trinajstić information content (AvgIpc) is 2.34. The van der Waals surface area contributed by atoms with E-state index in [1.54, 1.807) is 12.1 Å². The van der Waals surface area contributed by atoms with Crippen molar-refractivity contribution in [2.75, 3.05) is 5.32 Å². The molecule has 0 unspecified atom stereocenters. The number of benzene rings is 2. The molecule has 0 bridgehead atoms. The summed E-state index contributed by atoms with van der Waals surface area (Å²) in [4.78, 5) is 0. The van der Waals surface area contributed by atoms with E-state index in [4.69, 9.17) is 16.9 Å². The Bertz CT molecular complexity index is 632. The van der Waals surface area contributed by atoms with E-state index in [0.29, 0.717) is 5.56 Å². The van der Waals surface area contributed by atoms with Gasteiger partial charge in [0.1, 0.15) is 0 Å². The highest BCUT2D eigenvalue weighted by Gasteiger charge is 2.04. The van der Waals surface area contributed by atoms with Gasteiger partial charge in [0.2, 0.25) is 0 Å². The van der Waals surface area contributed by atoms with Crippen molar-refractivity contribution in [3.63, 3.8) is 0 Å². The molecule has 18 heavy (non-hydrogen) atoms. The Morgan fingerprint density at radius 3 is 2.78 bits per heavy atom. The molecular formula is C14H10BrClN2. The van der Waals surface area contributed by atoms with Gasteiger partial charge in [-0.25, -0.2) is 0 Å². The fourth-order valence-corrected chi connectivity index (χ4v) is 2.29. The number of halogens is 2. The highest BCUT2D eigenvalue weighted by Crippen LogP contribution is 2.28. The Labute approximate surface area is 119 Å². The lowest BCUT2D eigenvalue weighted by Crippen LogP contribution is -1.94. The molecule has 0 radical (unpaired) electrons. The standard InChI is InChI=1S/C14H10BrClN2/c1-9-13(16)3-2-4-14(9)18-12-6-10(8-17)5-11(15)7-12/h2-7,18H,1H3. The highest BCUT2D eigenvalue weighted by atomic mass is 79.9. The van der Waals surface area contributed by atoms with Gasteiger partial charge in [0.05, 0.1) is 11.6 Å². The van der Waals surface area contributed by atoms with Crippen LogP contribution in [-0.4, -0.2) is 0 Å². The Morgan fingerprint density at radius 2 is 2.06 bits per heavy atom. The van der Waals surface area contributed by atoms with Crippen molar-refractivity contribution in [1.29, 1.82) is 5.26 Å². The first-order chi connectivity index (χ1) is 8.60. The molecule has 1 N–H and O–H groups in total. The Balaban J connectivity index is 2.37. The summed E-state index contributed by atoms with van der Waals surface area (Å²) in [6.07, 6.45) is 0. The smallest absolute Gasteiger partial charge is 0.0992 e. The summed E-state index contributed by atoms with van der Waals surface area (Å²) in [7, 11) is 0. The van der Waals surface area contributed by atoms with Crippen LogP contribution < -0.4 is 5.32 Å². The second-order valence-electron chi connectivity index (χ2n) is 3.88. The quantitative estimate of drug-likeness (QED) is 0.842. The zero-order valence-electron chi connectivity index (χ0n) is 9.67. The third-order valence-corrected chi connectivity index (χ3v) is 3.44. The number of nitrogens with zero attached hydrogens (tertiary/aromatic N) is 1. The van der Waals surface area contributed by atoms with Crippen molar-refractivity contribution in [1.82, 2.24) is 0 Å². The lowest BCUT2D eigenvalue weighted by molar-refractivity contribution is 1.42. The van der Waals surface area contributed by atoms with Crippen molar-refractivity contribution in [3.8, 4) is 6.07 Å². The van der Waals surface area contributed by atoms with Gasteiger partial charge in [0.15, 0.2) is 0 Å². The van der Waals surface area contributed by atoms with E-state index < -0.39 is 0 Å². The number of anilines is 2. The summed E-state index contributed by atoms with van der Waals surface area (Å²) >= 11 is 9.45. The predicted octanol–water partition coefficient (Wildman–Crippen LogP) is 5.03. The maximum Gasteiger partial charge on any atom is 0.0992 e. The van der Waals surface area contributed by atoms with E-state index >= 15 is 0 Å². The molecule has 2 rings (SSSR count). The Morgan fingerprint density at radius 1 is 1.28 bits per heavy atom. The van der Waals surface area contributed by atoms with E-state index in [1.165, 1.54) is 0 Å². The summed E-state index contributed by atoms with van der Waals surface area (Å²) in [5, 5.41) is 12.9. The monoisotopic (exact) mass is 320 g/mol. The molecule has 0 saturated heterocycles. The minimum Gasteiger partial charge on any atom is -0.355 e. The molecular weight excluding hydrogens is 312 g/mol. The van der Waals surface area contributed by atoms with E-state index in [2.05, 4.69) is 27.3 Å². The highest BCUT2D eigenvalue weighted by molar-refractivity contribution is 9.10. The lowest BCUT2D eigenvalue weighted by Gasteiger charge is -2.11. The second kappa shape index (κ2) is 5.43. The van der Waals surface area contributed by atoms with Crippen LogP contribution in [0.2, 0.25) is 5.02 Å². The van der Waals surface area contributed by atoms with Gasteiger partial charge in [0.25, 0.3) is 0 Å². The molecule has 0 heterocycles. The first-order valence-corrected chi connectivity index (χ1v) is 6.50. The first-order valence-electron chi connectivity index (χ1n) is 5.33. The van der Waals surface area contributed by atoms with E-state index in [-0.39, 0.29) is 0 Å². The zero-order chi connectivity index (χ0) is 13.1. The third kappa shape index (κ3) is 2.84. The molecule has 2 aromatic carbocycles. The summed E-state index contributed by atoms with van der Waals surface area (Å²) in [6, 6.07) is 13.3. The molecule has 0 atom stereocenters. The molecule has 0 fully saturated rings. The first kappa shape index (κ1) is 12.9. The Kier molecular flexibility index (Phi) is 3.90. The number of rotatable bonds is 2. The molecule has 0 amide bonds. The van der Waals surface area contributed by atoms with Crippen LogP contribution in [0.4, 0.5) is 11.4 Å². The fourth-order valence-electron chi connectivity index (χ4n) is 1.62. The second-order valence-corrected chi connectivity index (χ2v) is 5.20. The van der Waals surface area contributed by atoms with E-state index in [0.717, 1.165) is 26.4 Å². The van der Waals surface area contributed by atoms with Crippen molar-refractivity contribution < 1.29 is 0 Å². The van der Waals surface area contributed by atoms with Gasteiger partial charge in [-0.15, -0.1) is 0 Å². The van der Waals surface area contributed by atoms with Crippen molar-refractivity contribution in [2.24, 2.45) is 0 Å². The molecule has 2 nitrogen and oxygen atoms in total. The van der Waals surface area contributed by atoms with Gasteiger partial charge in [-0.05, 0) is 42.8 Å². The van der Waals surface area contributed by atoms with Gasteiger partial charge in [0, 0.05) is 20.9 Å². The van der Waals surface area contributed by atoms with Crippen LogP contribution in [0.25, 0.3) is 0 Å². The van der Waals surface area contributed by atoms with Crippen molar-refractivity contribution in [3.05, 3.63) is 57.0 Å². The topological polar surface area (TPSA) is 35.8 Å². The number of hydrogen-bond donors (Lipinski definition) is 1. The van der Waals surface area contributed by atoms with Gasteiger partial charge in [-0.1, -0.05) is 33.6 Å². The SMILES string of the molecule is Cc1c(Cl)cccc1Nc1cc(Br)cc(C#N)c1. The number of nitrogens with one attached hydrogen (secondary N) is 1. The molecule has 4 heteroatoms. The van der Waals surface area contributed by atoms with Crippen molar-refractivity contribution in [2.45, 2.75) is 6.92 Å².